The third-order valence-corrected chi connectivity index (χ3v) is 3.32. The summed E-state index contributed by atoms with van der Waals surface area (Å²) in [5.74, 6) is -1.27. The Morgan fingerprint density at radius 1 is 1.22 bits per heavy atom. The number of nitrogens with zero attached hydrogens (tertiary/aromatic N) is 1. The summed E-state index contributed by atoms with van der Waals surface area (Å²) in [5.41, 5.74) is -1.26. The van der Waals surface area contributed by atoms with Gasteiger partial charge < -0.3 is 4.74 Å². The summed E-state index contributed by atoms with van der Waals surface area (Å²) >= 11 is 0. The number of benzene rings is 1. The topological polar surface area (TPSA) is 56.3 Å². The monoisotopic (exact) mass is 325 g/mol. The van der Waals surface area contributed by atoms with E-state index < -0.39 is 23.5 Å². The highest BCUT2D eigenvalue weighted by Crippen LogP contribution is 2.36. The normalized spacial score (nSPS) is 11.6. The largest absolute Gasteiger partial charge is 0.461 e. The molecule has 0 N–H and O–H groups in total. The van der Waals surface area contributed by atoms with Crippen molar-refractivity contribution in [3.05, 3.63) is 40.6 Å². The molecule has 1 heterocycles. The molecule has 1 aromatic heterocycles. The highest BCUT2D eigenvalue weighted by Gasteiger charge is 2.34. The number of fused-ring (bicyclic) bond motifs is 1. The van der Waals surface area contributed by atoms with Crippen LogP contribution in [-0.2, 0) is 10.9 Å². The number of ether oxygens (including phenoxy) is 1. The van der Waals surface area contributed by atoms with Crippen LogP contribution in [0, 0.1) is 6.92 Å². The molecule has 1 aromatic carbocycles. The van der Waals surface area contributed by atoms with Gasteiger partial charge in [-0.2, -0.15) is 13.2 Å². The van der Waals surface area contributed by atoms with Crippen molar-refractivity contribution in [1.29, 1.82) is 0 Å². The SMILES string of the molecule is CCOC(=O)c1cc(C)c2cc(C(C)=O)cc(C(F)(F)F)c2n1. The number of esters is 1. The van der Waals surface area contributed by atoms with Crippen LogP contribution in [0.5, 0.6) is 0 Å². The second kappa shape index (κ2) is 5.98. The zero-order valence-corrected chi connectivity index (χ0v) is 12.7. The first-order valence-electron chi connectivity index (χ1n) is 6.85. The quantitative estimate of drug-likeness (QED) is 0.633. The Balaban J connectivity index is 2.83. The van der Waals surface area contributed by atoms with Gasteiger partial charge >= 0.3 is 12.1 Å². The molecule has 0 fully saturated rings. The van der Waals surface area contributed by atoms with Gasteiger partial charge in [0.15, 0.2) is 5.78 Å². The van der Waals surface area contributed by atoms with Gasteiger partial charge in [-0.25, -0.2) is 9.78 Å². The maximum Gasteiger partial charge on any atom is 0.418 e. The second-order valence-corrected chi connectivity index (χ2v) is 5.02. The number of ketones is 1. The molecule has 0 bridgehead atoms. The third kappa shape index (κ3) is 3.33. The van der Waals surface area contributed by atoms with E-state index in [2.05, 4.69) is 4.98 Å². The van der Waals surface area contributed by atoms with Gasteiger partial charge in [0, 0.05) is 10.9 Å². The van der Waals surface area contributed by atoms with Gasteiger partial charge in [0.05, 0.1) is 17.7 Å². The number of carbonyl (C=O) groups is 2. The number of aromatic nitrogens is 1. The van der Waals surface area contributed by atoms with Crippen LogP contribution in [0.15, 0.2) is 18.2 Å². The van der Waals surface area contributed by atoms with Crippen LogP contribution in [0.25, 0.3) is 10.9 Å². The van der Waals surface area contributed by atoms with Crippen molar-refractivity contribution < 1.29 is 27.5 Å². The summed E-state index contributed by atoms with van der Waals surface area (Å²) in [6.45, 7) is 4.42. The molecule has 0 saturated carbocycles. The minimum absolute atomic E-state index is 0.0568. The summed E-state index contributed by atoms with van der Waals surface area (Å²) in [4.78, 5) is 27.1. The molecule has 2 rings (SSSR count). The van der Waals surface area contributed by atoms with E-state index in [-0.39, 0.29) is 28.8 Å². The number of hydrogen-bond donors (Lipinski definition) is 0. The minimum atomic E-state index is -4.70. The van der Waals surface area contributed by atoms with E-state index >= 15 is 0 Å². The molecule has 0 unspecified atom stereocenters. The van der Waals surface area contributed by atoms with Crippen LogP contribution in [0.1, 0.15) is 45.8 Å². The molecule has 0 atom stereocenters. The van der Waals surface area contributed by atoms with Crippen LogP contribution in [0.2, 0.25) is 0 Å². The molecular weight excluding hydrogens is 311 g/mol. The Morgan fingerprint density at radius 3 is 2.39 bits per heavy atom. The van der Waals surface area contributed by atoms with Gasteiger partial charge in [-0.3, -0.25) is 4.79 Å². The van der Waals surface area contributed by atoms with Crippen molar-refractivity contribution in [1.82, 2.24) is 4.98 Å². The molecule has 0 amide bonds. The highest BCUT2D eigenvalue weighted by molar-refractivity contribution is 6.01. The number of halogens is 3. The fraction of sp³-hybridized carbons (Fsp3) is 0.312. The number of aryl methyl sites for hydroxylation is 1. The fourth-order valence-corrected chi connectivity index (χ4v) is 2.22. The third-order valence-electron chi connectivity index (χ3n) is 3.32. The molecule has 23 heavy (non-hydrogen) atoms. The van der Waals surface area contributed by atoms with Crippen LogP contribution in [0.4, 0.5) is 13.2 Å². The molecule has 0 aliphatic rings. The second-order valence-electron chi connectivity index (χ2n) is 5.02. The maximum atomic E-state index is 13.3. The van der Waals surface area contributed by atoms with Crippen molar-refractivity contribution in [2.24, 2.45) is 0 Å². The van der Waals surface area contributed by atoms with E-state index in [4.69, 9.17) is 4.74 Å². The molecule has 0 spiro atoms. The molecule has 0 radical (unpaired) electrons. The Bertz CT molecular complexity index is 797. The zero-order valence-electron chi connectivity index (χ0n) is 12.7. The molecule has 0 aliphatic heterocycles. The minimum Gasteiger partial charge on any atom is -0.461 e. The number of rotatable bonds is 3. The van der Waals surface area contributed by atoms with Crippen LogP contribution >= 0.6 is 0 Å². The lowest BCUT2D eigenvalue weighted by Gasteiger charge is -2.14. The van der Waals surface area contributed by atoms with Crippen LogP contribution in [-0.4, -0.2) is 23.3 Å². The summed E-state index contributed by atoms with van der Waals surface area (Å²) in [6, 6.07) is 3.46. The van der Waals surface area contributed by atoms with Crippen LogP contribution < -0.4 is 0 Å². The Morgan fingerprint density at radius 2 is 1.87 bits per heavy atom. The van der Waals surface area contributed by atoms with Gasteiger partial charge in [-0.1, -0.05) is 0 Å². The van der Waals surface area contributed by atoms with E-state index in [1.807, 2.05) is 0 Å². The summed E-state index contributed by atoms with van der Waals surface area (Å²) in [5, 5.41) is 0.179. The van der Waals surface area contributed by atoms with Crippen molar-refractivity contribution in [3.63, 3.8) is 0 Å². The van der Waals surface area contributed by atoms with E-state index in [9.17, 15) is 22.8 Å². The number of hydrogen-bond acceptors (Lipinski definition) is 4. The van der Waals surface area contributed by atoms with Gasteiger partial charge in [-0.05, 0) is 44.5 Å². The summed E-state index contributed by atoms with van der Waals surface area (Å²) in [7, 11) is 0. The predicted molar refractivity (Wildman–Crippen MR) is 77.4 cm³/mol. The highest BCUT2D eigenvalue weighted by atomic mass is 19.4. The Kier molecular flexibility index (Phi) is 4.40. The first kappa shape index (κ1) is 16.9. The van der Waals surface area contributed by atoms with Gasteiger partial charge in [-0.15, -0.1) is 0 Å². The van der Waals surface area contributed by atoms with Gasteiger partial charge in [0.25, 0.3) is 0 Å². The Labute approximate surface area is 130 Å². The Hall–Kier alpha value is -2.44. The molecule has 0 saturated heterocycles. The number of carbonyl (C=O) groups excluding carboxylic acids is 2. The predicted octanol–water partition coefficient (Wildman–Crippen LogP) is 3.94. The van der Waals surface area contributed by atoms with Crippen molar-refractivity contribution in [2.45, 2.75) is 26.9 Å². The van der Waals surface area contributed by atoms with Gasteiger partial charge in [0.2, 0.25) is 0 Å². The molecule has 7 heteroatoms. The van der Waals surface area contributed by atoms with Crippen molar-refractivity contribution >= 4 is 22.7 Å². The summed E-state index contributed by atoms with van der Waals surface area (Å²) in [6.07, 6.45) is -4.70. The maximum absolute atomic E-state index is 13.3. The summed E-state index contributed by atoms with van der Waals surface area (Å²) < 4.78 is 44.7. The lowest BCUT2D eigenvalue weighted by Crippen LogP contribution is -2.12. The fourth-order valence-electron chi connectivity index (χ4n) is 2.22. The zero-order chi connectivity index (χ0) is 17.4. The number of alkyl halides is 3. The standard InChI is InChI=1S/C16H14F3NO3/c1-4-23-15(22)13-5-8(2)11-6-10(9(3)21)7-12(14(11)20-13)16(17,18)19/h5-7H,4H2,1-3H3. The smallest absolute Gasteiger partial charge is 0.418 e. The average Bonchev–Trinajstić information content (AvgIpc) is 2.45. The molecule has 4 nitrogen and oxygen atoms in total. The molecule has 122 valence electrons. The first-order chi connectivity index (χ1) is 10.6. The van der Waals surface area contributed by atoms with E-state index in [0.717, 1.165) is 6.07 Å². The molecule has 0 aliphatic carbocycles. The van der Waals surface area contributed by atoms with Crippen LogP contribution in [0.3, 0.4) is 0 Å². The number of Topliss-reactive ketones (excluding diaryl/α,β-unsaturated/α-hetero) is 1. The number of pyridine rings is 1. The average molecular weight is 325 g/mol. The van der Waals surface area contributed by atoms with Crippen molar-refractivity contribution in [2.75, 3.05) is 6.61 Å². The van der Waals surface area contributed by atoms with E-state index in [0.29, 0.717) is 5.56 Å². The lowest BCUT2D eigenvalue weighted by atomic mass is 9.99. The van der Waals surface area contributed by atoms with E-state index in [1.165, 1.54) is 19.1 Å². The molecule has 2 aromatic rings. The van der Waals surface area contributed by atoms with E-state index in [1.54, 1.807) is 13.8 Å². The molecular formula is C16H14F3NO3. The van der Waals surface area contributed by atoms with Gasteiger partial charge in [0.1, 0.15) is 5.69 Å². The van der Waals surface area contributed by atoms with Crippen molar-refractivity contribution in [3.8, 4) is 0 Å². The lowest BCUT2D eigenvalue weighted by molar-refractivity contribution is -0.136. The first-order valence-corrected chi connectivity index (χ1v) is 6.85.